The third-order valence-electron chi connectivity index (χ3n) is 2.47. The van der Waals surface area contributed by atoms with Gasteiger partial charge in [0.05, 0.1) is 6.42 Å². The molecule has 1 aromatic carbocycles. The van der Waals surface area contributed by atoms with Gasteiger partial charge in [0.25, 0.3) is 0 Å². The second-order valence-electron chi connectivity index (χ2n) is 5.90. The molecule has 0 saturated heterocycles. The molecule has 1 rings (SSSR count). The van der Waals surface area contributed by atoms with Crippen molar-refractivity contribution in [3.05, 3.63) is 35.9 Å². The zero-order valence-electron chi connectivity index (χ0n) is 13.9. The highest BCUT2D eigenvalue weighted by molar-refractivity contribution is 7.88. The fourth-order valence-corrected chi connectivity index (χ4v) is 2.30. The smallest absolute Gasteiger partial charge is 0.422 e. The number of esters is 1. The molecule has 0 radical (unpaired) electrons. The van der Waals surface area contributed by atoms with Gasteiger partial charge in [0, 0.05) is 6.54 Å². The molecule has 0 atom stereocenters. The van der Waals surface area contributed by atoms with Gasteiger partial charge in [-0.25, -0.2) is 9.52 Å². The third kappa shape index (κ3) is 9.11. The Hall–Kier alpha value is -2.13. The number of benzene rings is 1. The number of carbonyl (C=O) groups excluding carboxylic acids is 2. The van der Waals surface area contributed by atoms with Crippen LogP contribution in [0.1, 0.15) is 32.8 Å². The minimum absolute atomic E-state index is 0.0555. The van der Waals surface area contributed by atoms with Crippen LogP contribution in [0.2, 0.25) is 0 Å². The lowest BCUT2D eigenvalue weighted by atomic mass is 10.2. The number of carbonyl (C=O) groups is 2. The van der Waals surface area contributed by atoms with E-state index in [1.807, 2.05) is 6.07 Å². The van der Waals surface area contributed by atoms with Crippen LogP contribution in [0, 0.1) is 0 Å². The van der Waals surface area contributed by atoms with Gasteiger partial charge in [0.15, 0.2) is 0 Å². The fraction of sp³-hybridized carbons (Fsp3) is 0.467. The summed E-state index contributed by atoms with van der Waals surface area (Å²) < 4.78 is 36.9. The predicted octanol–water partition coefficient (Wildman–Crippen LogP) is 1.48. The molecule has 0 aliphatic carbocycles. The maximum atomic E-state index is 11.6. The molecular weight excluding hydrogens is 336 g/mol. The first-order valence-electron chi connectivity index (χ1n) is 7.27. The van der Waals surface area contributed by atoms with E-state index < -0.39 is 27.9 Å². The second-order valence-corrected chi connectivity index (χ2v) is 7.40. The highest BCUT2D eigenvalue weighted by atomic mass is 32.2. The topological polar surface area (TPSA) is 111 Å². The van der Waals surface area contributed by atoms with E-state index in [1.54, 1.807) is 49.8 Å². The Morgan fingerprint density at radius 3 is 2.33 bits per heavy atom. The molecule has 0 aromatic heterocycles. The first-order valence-corrected chi connectivity index (χ1v) is 8.76. The van der Waals surface area contributed by atoms with Crippen LogP contribution in [0.5, 0.6) is 0 Å². The summed E-state index contributed by atoms with van der Waals surface area (Å²) in [5.41, 5.74) is 0.0815. The van der Waals surface area contributed by atoms with Crippen molar-refractivity contribution in [3.63, 3.8) is 0 Å². The van der Waals surface area contributed by atoms with Crippen LogP contribution >= 0.6 is 0 Å². The van der Waals surface area contributed by atoms with E-state index in [-0.39, 0.29) is 19.6 Å². The van der Waals surface area contributed by atoms with Crippen molar-refractivity contribution in [2.75, 3.05) is 6.54 Å². The summed E-state index contributed by atoms with van der Waals surface area (Å²) in [4.78, 5) is 22.9. The van der Waals surface area contributed by atoms with Crippen molar-refractivity contribution in [1.29, 1.82) is 0 Å². The van der Waals surface area contributed by atoms with E-state index in [1.165, 1.54) is 0 Å². The molecule has 8 nitrogen and oxygen atoms in total. The molecule has 24 heavy (non-hydrogen) atoms. The maximum absolute atomic E-state index is 11.6. The van der Waals surface area contributed by atoms with E-state index in [0.29, 0.717) is 0 Å². The molecule has 134 valence electrons. The van der Waals surface area contributed by atoms with Gasteiger partial charge in [-0.1, -0.05) is 30.3 Å². The van der Waals surface area contributed by atoms with Crippen molar-refractivity contribution in [2.45, 2.75) is 39.4 Å². The zero-order chi connectivity index (χ0) is 18.2. The molecule has 0 bridgehead atoms. The number of nitrogens with one attached hydrogen (secondary N) is 2. The van der Waals surface area contributed by atoms with Crippen LogP contribution < -0.4 is 9.44 Å². The van der Waals surface area contributed by atoms with Gasteiger partial charge in [0.1, 0.15) is 12.2 Å². The molecule has 0 heterocycles. The molecule has 1 amide bonds. The number of hydrogen-bond donors (Lipinski definition) is 2. The highest BCUT2D eigenvalue weighted by Crippen LogP contribution is 2.07. The fourth-order valence-electron chi connectivity index (χ4n) is 1.58. The van der Waals surface area contributed by atoms with Gasteiger partial charge in [-0.3, -0.25) is 4.79 Å². The number of amides is 1. The average Bonchev–Trinajstić information content (AvgIpc) is 2.43. The highest BCUT2D eigenvalue weighted by Gasteiger charge is 2.18. The zero-order valence-corrected chi connectivity index (χ0v) is 14.7. The van der Waals surface area contributed by atoms with Gasteiger partial charge >= 0.3 is 22.3 Å². The Labute approximate surface area is 141 Å². The van der Waals surface area contributed by atoms with Crippen molar-refractivity contribution < 1.29 is 27.5 Å². The third-order valence-corrected chi connectivity index (χ3v) is 3.49. The Morgan fingerprint density at radius 2 is 1.75 bits per heavy atom. The van der Waals surface area contributed by atoms with Crippen LogP contribution in [0.25, 0.3) is 0 Å². The van der Waals surface area contributed by atoms with Gasteiger partial charge in [-0.15, -0.1) is 0 Å². The molecular formula is C15H22N2O6S. The van der Waals surface area contributed by atoms with Crippen LogP contribution in [-0.2, 0) is 31.1 Å². The lowest BCUT2D eigenvalue weighted by Gasteiger charge is -2.19. The van der Waals surface area contributed by atoms with Gasteiger partial charge in [0.2, 0.25) is 0 Å². The predicted molar refractivity (Wildman–Crippen MR) is 87.1 cm³/mol. The summed E-state index contributed by atoms with van der Waals surface area (Å²) >= 11 is 0. The van der Waals surface area contributed by atoms with Gasteiger partial charge < -0.3 is 9.47 Å². The summed E-state index contributed by atoms with van der Waals surface area (Å²) in [5, 5.41) is 0. The van der Waals surface area contributed by atoms with Crippen LogP contribution in [-0.4, -0.2) is 32.6 Å². The monoisotopic (exact) mass is 358 g/mol. The van der Waals surface area contributed by atoms with Crippen LogP contribution in [0.4, 0.5) is 4.79 Å². The Bertz CT molecular complexity index is 652. The second kappa shape index (κ2) is 8.65. The van der Waals surface area contributed by atoms with Crippen LogP contribution in [0.3, 0.4) is 0 Å². The Kier molecular flexibility index (Phi) is 7.18. The minimum atomic E-state index is -4.11. The molecule has 2 N–H and O–H groups in total. The summed E-state index contributed by atoms with van der Waals surface area (Å²) in [6.07, 6.45) is -1.26. The molecule has 0 aliphatic rings. The largest absolute Gasteiger partial charge is 0.460 e. The number of ether oxygens (including phenoxy) is 2. The van der Waals surface area contributed by atoms with E-state index >= 15 is 0 Å². The molecule has 0 spiro atoms. The van der Waals surface area contributed by atoms with Gasteiger partial charge in [-0.2, -0.15) is 13.1 Å². The maximum Gasteiger partial charge on any atom is 0.422 e. The Balaban J connectivity index is 2.32. The first-order chi connectivity index (χ1) is 11.1. The normalized spacial score (nSPS) is 11.6. The summed E-state index contributed by atoms with van der Waals surface area (Å²) in [6.45, 7) is 4.87. The molecule has 0 unspecified atom stereocenters. The lowest BCUT2D eigenvalue weighted by molar-refractivity contribution is -0.154. The average molecular weight is 358 g/mol. The van der Waals surface area contributed by atoms with Crippen LogP contribution in [0.15, 0.2) is 30.3 Å². The van der Waals surface area contributed by atoms with Gasteiger partial charge in [-0.05, 0) is 26.3 Å². The summed E-state index contributed by atoms with van der Waals surface area (Å²) in [5.74, 6) is -0.545. The number of rotatable bonds is 7. The molecule has 9 heteroatoms. The molecule has 0 saturated carbocycles. The quantitative estimate of drug-likeness (QED) is 0.714. The van der Waals surface area contributed by atoms with E-state index in [9.17, 15) is 18.0 Å². The standard InChI is InChI=1S/C15H22N2O6S/c1-15(2,3)23-13(18)9-10-16-24(20,21)17-14(19)22-11-12-7-5-4-6-8-12/h4-8,16H,9-11H2,1-3H3,(H,17,19). The van der Waals surface area contributed by atoms with E-state index in [2.05, 4.69) is 4.72 Å². The molecule has 1 aromatic rings. The van der Waals surface area contributed by atoms with E-state index in [0.717, 1.165) is 5.56 Å². The molecule has 0 aliphatic heterocycles. The SMILES string of the molecule is CC(C)(C)OC(=O)CCNS(=O)(=O)NC(=O)OCc1ccccc1. The first kappa shape index (κ1) is 19.9. The van der Waals surface area contributed by atoms with E-state index in [4.69, 9.17) is 9.47 Å². The van der Waals surface area contributed by atoms with Crippen molar-refractivity contribution >= 4 is 22.3 Å². The lowest BCUT2D eigenvalue weighted by Crippen LogP contribution is -2.41. The Morgan fingerprint density at radius 1 is 1.12 bits per heavy atom. The minimum Gasteiger partial charge on any atom is -0.460 e. The summed E-state index contributed by atoms with van der Waals surface area (Å²) in [7, 11) is -4.11. The summed E-state index contributed by atoms with van der Waals surface area (Å²) in [6, 6.07) is 8.82. The van der Waals surface area contributed by atoms with Crippen molar-refractivity contribution in [2.24, 2.45) is 0 Å². The van der Waals surface area contributed by atoms with Crippen molar-refractivity contribution in [3.8, 4) is 0 Å². The number of hydrogen-bond acceptors (Lipinski definition) is 6. The van der Waals surface area contributed by atoms with Crippen molar-refractivity contribution in [1.82, 2.24) is 9.44 Å². The molecule has 0 fully saturated rings.